The maximum Gasteiger partial charge on any atom is 0.144 e. The smallest absolute Gasteiger partial charge is 0.144 e. The van der Waals surface area contributed by atoms with Crippen LogP contribution in [0, 0.1) is 17.2 Å². The Labute approximate surface area is 158 Å². The van der Waals surface area contributed by atoms with E-state index >= 15 is 0 Å². The van der Waals surface area contributed by atoms with Gasteiger partial charge in [-0.2, -0.15) is 10.4 Å². The molecule has 0 radical (unpaired) electrons. The van der Waals surface area contributed by atoms with Gasteiger partial charge in [-0.1, -0.05) is 0 Å². The van der Waals surface area contributed by atoms with Crippen molar-refractivity contribution in [3.63, 3.8) is 0 Å². The van der Waals surface area contributed by atoms with Crippen LogP contribution in [0.15, 0.2) is 24.5 Å². The molecule has 1 aliphatic heterocycles. The van der Waals surface area contributed by atoms with Gasteiger partial charge in [-0.15, -0.1) is 0 Å². The van der Waals surface area contributed by atoms with Gasteiger partial charge < -0.3 is 9.88 Å². The lowest BCUT2D eigenvalue weighted by Gasteiger charge is -2.09. The van der Waals surface area contributed by atoms with Crippen molar-refractivity contribution in [1.29, 1.82) is 5.26 Å². The van der Waals surface area contributed by atoms with E-state index < -0.39 is 0 Å². The average Bonchev–Trinajstić information content (AvgIpc) is 3.33. The number of nitrogens with one attached hydrogen (secondary N) is 1. The van der Waals surface area contributed by atoms with Crippen molar-refractivity contribution in [1.82, 2.24) is 19.3 Å². The zero-order valence-electron chi connectivity index (χ0n) is 15.5. The summed E-state index contributed by atoms with van der Waals surface area (Å²) in [7, 11) is 0. The molecular formula is C21H24N6. The van der Waals surface area contributed by atoms with Crippen LogP contribution >= 0.6 is 0 Å². The fourth-order valence-electron chi connectivity index (χ4n) is 4.02. The summed E-state index contributed by atoms with van der Waals surface area (Å²) in [6.45, 7) is 2.69. The molecule has 5 rings (SSSR count). The summed E-state index contributed by atoms with van der Waals surface area (Å²) in [4.78, 5) is 5.00. The molecule has 1 N–H and O–H groups in total. The fraction of sp³-hybridized carbons (Fsp3) is 0.476. The van der Waals surface area contributed by atoms with Crippen LogP contribution in [0.2, 0.25) is 0 Å². The number of imidazole rings is 1. The number of nitriles is 1. The molecule has 0 saturated heterocycles. The van der Waals surface area contributed by atoms with Crippen molar-refractivity contribution in [2.24, 2.45) is 5.92 Å². The Morgan fingerprint density at radius 3 is 3.04 bits per heavy atom. The summed E-state index contributed by atoms with van der Waals surface area (Å²) in [5.74, 6) is 1.85. The van der Waals surface area contributed by atoms with Gasteiger partial charge in [-0.05, 0) is 55.7 Å². The van der Waals surface area contributed by atoms with Crippen LogP contribution in [0.3, 0.4) is 0 Å². The van der Waals surface area contributed by atoms with Crippen LogP contribution in [-0.2, 0) is 19.5 Å². The maximum absolute atomic E-state index is 8.79. The number of nitrogens with zero attached hydrogens (tertiary/aromatic N) is 5. The first-order valence-electron chi connectivity index (χ1n) is 9.98. The molecule has 2 aromatic heterocycles. The molecule has 0 amide bonds. The molecule has 1 aliphatic carbocycles. The van der Waals surface area contributed by atoms with Crippen LogP contribution in [0.5, 0.6) is 0 Å². The Bertz CT molecular complexity index is 1020. The van der Waals surface area contributed by atoms with Gasteiger partial charge >= 0.3 is 0 Å². The number of hydrogen-bond donors (Lipinski definition) is 1. The molecule has 138 valence electrons. The Hall–Kier alpha value is -2.81. The molecule has 3 aromatic rings. The first kappa shape index (κ1) is 16.4. The average molecular weight is 360 g/mol. The zero-order chi connectivity index (χ0) is 18.2. The van der Waals surface area contributed by atoms with Gasteiger partial charge in [-0.25, -0.2) is 4.98 Å². The van der Waals surface area contributed by atoms with Gasteiger partial charge in [0, 0.05) is 25.0 Å². The predicted octanol–water partition coefficient (Wildman–Crippen LogP) is 3.97. The van der Waals surface area contributed by atoms with Gasteiger partial charge in [0.1, 0.15) is 5.82 Å². The highest BCUT2D eigenvalue weighted by atomic mass is 15.3. The summed E-state index contributed by atoms with van der Waals surface area (Å²) < 4.78 is 4.21. The largest absolute Gasteiger partial charge is 0.385 e. The lowest BCUT2D eigenvalue weighted by atomic mass is 10.1. The number of hydrogen-bond acceptors (Lipinski definition) is 4. The minimum Gasteiger partial charge on any atom is -0.385 e. The van der Waals surface area contributed by atoms with Crippen molar-refractivity contribution in [2.75, 3.05) is 11.9 Å². The first-order chi connectivity index (χ1) is 13.3. The molecule has 0 bridgehead atoms. The maximum atomic E-state index is 8.79. The molecule has 6 nitrogen and oxygen atoms in total. The summed E-state index contributed by atoms with van der Waals surface area (Å²) in [5, 5.41) is 16.8. The van der Waals surface area contributed by atoms with Crippen molar-refractivity contribution in [3.05, 3.63) is 30.1 Å². The van der Waals surface area contributed by atoms with Crippen LogP contribution < -0.4 is 5.32 Å². The minimum atomic E-state index is 0.470. The van der Waals surface area contributed by atoms with Crippen LogP contribution in [-0.4, -0.2) is 25.9 Å². The lowest BCUT2D eigenvalue weighted by Crippen LogP contribution is -2.04. The topological polar surface area (TPSA) is 71.5 Å². The third kappa shape index (κ3) is 3.18. The van der Waals surface area contributed by atoms with E-state index in [-0.39, 0.29) is 0 Å². The highest BCUT2D eigenvalue weighted by Crippen LogP contribution is 2.34. The molecule has 2 aliphatic rings. The quantitative estimate of drug-likeness (QED) is 0.722. The highest BCUT2D eigenvalue weighted by molar-refractivity contribution is 5.87. The number of aromatic nitrogens is 4. The molecule has 0 spiro atoms. The fourth-order valence-corrected chi connectivity index (χ4v) is 4.02. The van der Waals surface area contributed by atoms with Gasteiger partial charge in [0.15, 0.2) is 0 Å². The van der Waals surface area contributed by atoms with Crippen molar-refractivity contribution in [3.8, 4) is 17.5 Å². The van der Waals surface area contributed by atoms with E-state index in [9.17, 15) is 0 Å². The number of aryl methyl sites for hydroxylation is 3. The van der Waals surface area contributed by atoms with E-state index in [1.807, 2.05) is 17.1 Å². The summed E-state index contributed by atoms with van der Waals surface area (Å²) in [6.07, 6.45) is 10.6. The van der Waals surface area contributed by atoms with Crippen LogP contribution in [0.4, 0.5) is 5.69 Å². The molecule has 1 saturated carbocycles. The second kappa shape index (κ2) is 6.73. The molecule has 6 heteroatoms. The lowest BCUT2D eigenvalue weighted by molar-refractivity contribution is 0.627. The van der Waals surface area contributed by atoms with Crippen molar-refractivity contribution >= 4 is 16.7 Å². The molecule has 0 unspecified atom stereocenters. The minimum absolute atomic E-state index is 0.470. The first-order valence-corrected chi connectivity index (χ1v) is 9.98. The van der Waals surface area contributed by atoms with Crippen molar-refractivity contribution < 1.29 is 0 Å². The highest BCUT2D eigenvalue weighted by Gasteiger charge is 2.22. The van der Waals surface area contributed by atoms with Gasteiger partial charge in [0.2, 0.25) is 0 Å². The molecular weight excluding hydrogens is 336 g/mol. The summed E-state index contributed by atoms with van der Waals surface area (Å²) in [5.41, 5.74) is 5.99. The van der Waals surface area contributed by atoms with Crippen molar-refractivity contribution in [2.45, 2.75) is 51.6 Å². The molecule has 0 atom stereocenters. The molecule has 27 heavy (non-hydrogen) atoms. The summed E-state index contributed by atoms with van der Waals surface area (Å²) >= 11 is 0. The second-order valence-electron chi connectivity index (χ2n) is 7.77. The van der Waals surface area contributed by atoms with E-state index in [0.29, 0.717) is 13.0 Å². The third-order valence-electron chi connectivity index (χ3n) is 5.63. The predicted molar refractivity (Wildman–Crippen MR) is 105 cm³/mol. The normalized spacial score (nSPS) is 16.3. The monoisotopic (exact) mass is 360 g/mol. The number of benzene rings is 1. The van der Waals surface area contributed by atoms with E-state index in [1.165, 1.54) is 42.5 Å². The Kier molecular flexibility index (Phi) is 4.08. The Morgan fingerprint density at radius 2 is 2.19 bits per heavy atom. The SMILES string of the molecule is N#CCCn1cc(-c2nc3cc(NCC4CC4)cc4c3n2CCCC4)cn1. The number of anilines is 1. The van der Waals surface area contributed by atoms with E-state index in [0.717, 1.165) is 42.3 Å². The van der Waals surface area contributed by atoms with E-state index in [2.05, 4.69) is 33.2 Å². The molecule has 3 heterocycles. The van der Waals surface area contributed by atoms with Crippen LogP contribution in [0.1, 0.15) is 37.7 Å². The molecule has 1 fully saturated rings. The Morgan fingerprint density at radius 1 is 1.26 bits per heavy atom. The Balaban J connectivity index is 1.55. The van der Waals surface area contributed by atoms with E-state index in [4.69, 9.17) is 10.2 Å². The van der Waals surface area contributed by atoms with Gasteiger partial charge in [0.25, 0.3) is 0 Å². The van der Waals surface area contributed by atoms with Crippen LogP contribution in [0.25, 0.3) is 22.4 Å². The van der Waals surface area contributed by atoms with E-state index in [1.54, 1.807) is 0 Å². The third-order valence-corrected chi connectivity index (χ3v) is 5.63. The zero-order valence-corrected chi connectivity index (χ0v) is 15.5. The molecule has 1 aromatic carbocycles. The van der Waals surface area contributed by atoms with Gasteiger partial charge in [-0.3, -0.25) is 4.68 Å². The summed E-state index contributed by atoms with van der Waals surface area (Å²) in [6, 6.07) is 6.70. The standard InChI is InChI=1S/C21H24N6/c22-7-3-8-26-14-17(13-24-26)21-25-19-11-18(23-12-15-5-6-15)10-16-4-1-2-9-27(21)20(16)19/h10-11,13-15,23H,1-6,8-9,12H2. The number of rotatable bonds is 6. The second-order valence-corrected chi connectivity index (χ2v) is 7.77. The van der Waals surface area contributed by atoms with Gasteiger partial charge in [0.05, 0.1) is 41.8 Å².